The molecule has 0 saturated carbocycles. The van der Waals surface area contributed by atoms with Gasteiger partial charge in [0.15, 0.2) is 5.69 Å². The number of pyridine rings is 1. The number of hydrogen-bond acceptors (Lipinski definition) is 4. The third-order valence-electron chi connectivity index (χ3n) is 2.81. The molecule has 0 amide bonds. The number of carbonyl (C=O) groups excluding carboxylic acids is 1. The van der Waals surface area contributed by atoms with E-state index in [1.807, 2.05) is 36.4 Å². The van der Waals surface area contributed by atoms with Gasteiger partial charge >= 0.3 is 5.97 Å². The van der Waals surface area contributed by atoms with Gasteiger partial charge < -0.3 is 14.9 Å². The molecule has 2 rings (SSSR count). The Morgan fingerprint density at radius 1 is 1.56 bits per heavy atom. The Balaban J connectivity index is 2.67. The number of aryl methyl sites for hydroxylation is 1. The summed E-state index contributed by atoms with van der Waals surface area (Å²) in [6, 6.07) is 5.71. The fourth-order valence-electron chi connectivity index (χ4n) is 2.05. The molecule has 0 aliphatic rings. The molecule has 0 spiro atoms. The van der Waals surface area contributed by atoms with E-state index >= 15 is 0 Å². The van der Waals surface area contributed by atoms with Gasteiger partial charge in [-0.2, -0.15) is 0 Å². The second kappa shape index (κ2) is 4.78. The first kappa shape index (κ1) is 12.6. The predicted molar refractivity (Wildman–Crippen MR) is 68.6 cm³/mol. The van der Waals surface area contributed by atoms with E-state index in [0.29, 0.717) is 12.1 Å². The van der Waals surface area contributed by atoms with Crippen molar-refractivity contribution in [1.29, 1.82) is 0 Å². The van der Waals surface area contributed by atoms with Gasteiger partial charge in [-0.1, -0.05) is 6.07 Å². The number of fused-ring (bicyclic) bond motifs is 1. The summed E-state index contributed by atoms with van der Waals surface area (Å²) < 4.78 is 6.71. The van der Waals surface area contributed by atoms with Crippen molar-refractivity contribution < 1.29 is 9.53 Å². The summed E-state index contributed by atoms with van der Waals surface area (Å²) in [5.41, 5.74) is 7.94. The van der Waals surface area contributed by atoms with Gasteiger partial charge in [0.1, 0.15) is 5.82 Å². The Hall–Kier alpha value is -1.88. The van der Waals surface area contributed by atoms with E-state index in [9.17, 15) is 4.79 Å². The highest BCUT2D eigenvalue weighted by Gasteiger charge is 2.19. The number of ether oxygens (including phenoxy) is 1. The third-order valence-corrected chi connectivity index (χ3v) is 2.81. The number of carbonyl (C=O) groups is 1. The number of methoxy groups -OCH3 is 1. The molecule has 2 heterocycles. The Kier molecular flexibility index (Phi) is 3.34. The summed E-state index contributed by atoms with van der Waals surface area (Å²) in [5, 5.41) is 0. The van der Waals surface area contributed by atoms with Gasteiger partial charge in [-0.25, -0.2) is 9.78 Å². The van der Waals surface area contributed by atoms with Crippen molar-refractivity contribution in [3.63, 3.8) is 0 Å². The van der Waals surface area contributed by atoms with Crippen LogP contribution in [0.15, 0.2) is 18.2 Å². The van der Waals surface area contributed by atoms with Crippen molar-refractivity contribution in [3.8, 4) is 0 Å². The first-order valence-electron chi connectivity index (χ1n) is 5.85. The van der Waals surface area contributed by atoms with Crippen LogP contribution in [0.3, 0.4) is 0 Å². The van der Waals surface area contributed by atoms with Crippen LogP contribution in [0.4, 0.5) is 0 Å². The molecular formula is C13H17N3O2. The predicted octanol–water partition coefficient (Wildman–Crippen LogP) is 1.32. The van der Waals surface area contributed by atoms with Gasteiger partial charge in [0, 0.05) is 18.2 Å². The Bertz CT molecular complexity index is 587. The van der Waals surface area contributed by atoms with E-state index in [-0.39, 0.29) is 6.04 Å². The Labute approximate surface area is 106 Å². The summed E-state index contributed by atoms with van der Waals surface area (Å²) in [5.74, 6) is 0.368. The second-order valence-corrected chi connectivity index (χ2v) is 4.44. The van der Waals surface area contributed by atoms with Crippen LogP contribution < -0.4 is 5.73 Å². The summed E-state index contributed by atoms with van der Waals surface area (Å²) in [6.45, 7) is 3.89. The summed E-state index contributed by atoms with van der Waals surface area (Å²) in [4.78, 5) is 16.1. The first-order valence-corrected chi connectivity index (χ1v) is 5.85. The number of rotatable bonds is 3. The van der Waals surface area contributed by atoms with Crippen LogP contribution in [0.2, 0.25) is 0 Å². The second-order valence-electron chi connectivity index (χ2n) is 4.44. The van der Waals surface area contributed by atoms with Gasteiger partial charge in [0.05, 0.1) is 12.6 Å². The molecule has 1 atom stereocenters. The molecule has 96 valence electrons. The molecule has 5 nitrogen and oxygen atoms in total. The lowest BCUT2D eigenvalue weighted by Crippen LogP contribution is -2.19. The molecule has 0 radical (unpaired) electrons. The average Bonchev–Trinajstić information content (AvgIpc) is 2.68. The van der Waals surface area contributed by atoms with E-state index in [1.54, 1.807) is 0 Å². The maximum Gasteiger partial charge on any atom is 0.358 e. The lowest BCUT2D eigenvalue weighted by molar-refractivity contribution is 0.0597. The quantitative estimate of drug-likeness (QED) is 0.830. The van der Waals surface area contributed by atoms with Crippen molar-refractivity contribution in [2.75, 3.05) is 7.11 Å². The number of hydrogen-bond donors (Lipinski definition) is 1. The average molecular weight is 247 g/mol. The molecular weight excluding hydrogens is 230 g/mol. The number of nitrogens with two attached hydrogens (primary N) is 1. The van der Waals surface area contributed by atoms with E-state index < -0.39 is 5.97 Å². The molecule has 1 unspecified atom stereocenters. The number of imidazole rings is 1. The van der Waals surface area contributed by atoms with Crippen LogP contribution in [0, 0.1) is 6.92 Å². The van der Waals surface area contributed by atoms with Gasteiger partial charge in [-0.05, 0) is 26.0 Å². The SMILES string of the molecule is COC(=O)c1nc(CC(C)N)n2c(C)cccc12. The molecule has 5 heteroatoms. The van der Waals surface area contributed by atoms with E-state index in [0.717, 1.165) is 17.0 Å². The van der Waals surface area contributed by atoms with Gasteiger partial charge in [0.2, 0.25) is 0 Å². The maximum absolute atomic E-state index is 11.7. The lowest BCUT2D eigenvalue weighted by atomic mass is 10.2. The van der Waals surface area contributed by atoms with E-state index in [4.69, 9.17) is 10.5 Å². The third kappa shape index (κ3) is 2.09. The number of esters is 1. The zero-order valence-electron chi connectivity index (χ0n) is 10.8. The summed E-state index contributed by atoms with van der Waals surface area (Å²) in [7, 11) is 1.36. The van der Waals surface area contributed by atoms with Crippen LogP contribution in [0.25, 0.3) is 5.52 Å². The highest BCUT2D eigenvalue weighted by atomic mass is 16.5. The summed E-state index contributed by atoms with van der Waals surface area (Å²) in [6.07, 6.45) is 0.614. The van der Waals surface area contributed by atoms with E-state index in [1.165, 1.54) is 7.11 Å². The minimum absolute atomic E-state index is 0.0132. The normalized spacial score (nSPS) is 12.7. The van der Waals surface area contributed by atoms with Gasteiger partial charge in [0.25, 0.3) is 0 Å². The van der Waals surface area contributed by atoms with Crippen molar-refractivity contribution in [2.45, 2.75) is 26.3 Å². The van der Waals surface area contributed by atoms with Crippen LogP contribution in [0.5, 0.6) is 0 Å². The van der Waals surface area contributed by atoms with Crippen molar-refractivity contribution in [3.05, 3.63) is 35.4 Å². The molecule has 0 saturated heterocycles. The van der Waals surface area contributed by atoms with Crippen LogP contribution in [-0.2, 0) is 11.2 Å². The largest absolute Gasteiger partial charge is 0.464 e. The fraction of sp³-hybridized carbons (Fsp3) is 0.385. The van der Waals surface area contributed by atoms with Crippen LogP contribution in [-0.4, -0.2) is 28.5 Å². The Morgan fingerprint density at radius 3 is 2.89 bits per heavy atom. The zero-order chi connectivity index (χ0) is 13.3. The van der Waals surface area contributed by atoms with Crippen molar-refractivity contribution in [2.24, 2.45) is 5.73 Å². The molecule has 0 aliphatic carbocycles. The minimum atomic E-state index is -0.422. The number of nitrogens with zero attached hydrogens (tertiary/aromatic N) is 2. The molecule has 0 aromatic carbocycles. The van der Waals surface area contributed by atoms with Crippen molar-refractivity contribution in [1.82, 2.24) is 9.38 Å². The highest BCUT2D eigenvalue weighted by Crippen LogP contribution is 2.17. The Morgan fingerprint density at radius 2 is 2.28 bits per heavy atom. The first-order chi connectivity index (χ1) is 8.54. The fourth-order valence-corrected chi connectivity index (χ4v) is 2.05. The lowest BCUT2D eigenvalue weighted by Gasteiger charge is -2.06. The van der Waals surface area contributed by atoms with Gasteiger partial charge in [-0.15, -0.1) is 0 Å². The van der Waals surface area contributed by atoms with Crippen LogP contribution in [0.1, 0.15) is 28.9 Å². The maximum atomic E-state index is 11.7. The van der Waals surface area contributed by atoms with Gasteiger partial charge in [-0.3, -0.25) is 0 Å². The van der Waals surface area contributed by atoms with E-state index in [2.05, 4.69) is 4.98 Å². The van der Waals surface area contributed by atoms with Crippen molar-refractivity contribution >= 4 is 11.5 Å². The zero-order valence-corrected chi connectivity index (χ0v) is 10.8. The minimum Gasteiger partial charge on any atom is -0.464 e. The van der Waals surface area contributed by atoms with Crippen LogP contribution >= 0.6 is 0 Å². The monoisotopic (exact) mass is 247 g/mol. The molecule has 0 bridgehead atoms. The molecule has 0 aliphatic heterocycles. The molecule has 2 aromatic heterocycles. The highest BCUT2D eigenvalue weighted by molar-refractivity contribution is 5.95. The molecule has 2 aromatic rings. The number of aromatic nitrogens is 2. The summed E-state index contributed by atoms with van der Waals surface area (Å²) >= 11 is 0. The smallest absolute Gasteiger partial charge is 0.358 e. The molecule has 18 heavy (non-hydrogen) atoms. The standard InChI is InChI=1S/C13H17N3O2/c1-8(14)7-11-15-12(13(17)18-3)10-6-4-5-9(2)16(10)11/h4-6,8H,7,14H2,1-3H3. The molecule has 0 fully saturated rings. The molecule has 2 N–H and O–H groups in total. The topological polar surface area (TPSA) is 69.6 Å².